The minimum absolute atomic E-state index is 0. The molecule has 0 saturated heterocycles. The molecular formula is C10H12N2OS. The van der Waals surface area contributed by atoms with Gasteiger partial charge in [0, 0.05) is 10.9 Å². The first-order valence-corrected chi connectivity index (χ1v) is 4.92. The number of benzene rings is 1. The van der Waals surface area contributed by atoms with Crippen LogP contribution in [-0.2, 0) is 0 Å². The lowest BCUT2D eigenvalue weighted by Gasteiger charge is -1.96. The number of anilines is 1. The average Bonchev–Trinajstić information content (AvgIpc) is 2.53. The lowest BCUT2D eigenvalue weighted by atomic mass is 10.1. The maximum absolute atomic E-state index is 5.55. The zero-order chi connectivity index (χ0) is 9.26. The van der Waals surface area contributed by atoms with Crippen molar-refractivity contribution in [3.05, 3.63) is 35.2 Å². The first-order chi connectivity index (χ1) is 6.25. The molecule has 1 aromatic heterocycles. The van der Waals surface area contributed by atoms with Crippen LogP contribution in [0.25, 0.3) is 11.3 Å². The van der Waals surface area contributed by atoms with Crippen LogP contribution in [0.2, 0.25) is 0 Å². The fourth-order valence-corrected chi connectivity index (χ4v) is 1.72. The lowest BCUT2D eigenvalue weighted by molar-refractivity contribution is 0.824. The third-order valence-corrected chi connectivity index (χ3v) is 2.54. The zero-order valence-electron chi connectivity index (χ0n) is 7.82. The molecule has 0 spiro atoms. The topological polar surface area (TPSA) is 70.4 Å². The van der Waals surface area contributed by atoms with Crippen molar-refractivity contribution < 1.29 is 5.48 Å². The summed E-state index contributed by atoms with van der Waals surface area (Å²) in [4.78, 5) is 4.21. The van der Waals surface area contributed by atoms with E-state index in [2.05, 4.69) is 36.2 Å². The SMILES string of the molecule is Cc1ccc(-c2csc(N)n2)cc1.O. The Bertz CT molecular complexity index is 408. The Hall–Kier alpha value is -1.39. The maximum Gasteiger partial charge on any atom is 0.180 e. The Labute approximate surface area is 86.5 Å². The summed E-state index contributed by atoms with van der Waals surface area (Å²) in [6.45, 7) is 2.07. The summed E-state index contributed by atoms with van der Waals surface area (Å²) in [6, 6.07) is 8.27. The van der Waals surface area contributed by atoms with Crippen molar-refractivity contribution in [2.75, 3.05) is 5.73 Å². The van der Waals surface area contributed by atoms with Crippen LogP contribution >= 0.6 is 11.3 Å². The Morgan fingerprint density at radius 2 is 1.86 bits per heavy atom. The van der Waals surface area contributed by atoms with Gasteiger partial charge >= 0.3 is 0 Å². The van der Waals surface area contributed by atoms with Crippen LogP contribution in [0, 0.1) is 6.92 Å². The Balaban J connectivity index is 0.000000980. The van der Waals surface area contributed by atoms with Gasteiger partial charge in [-0.3, -0.25) is 0 Å². The van der Waals surface area contributed by atoms with Crippen molar-refractivity contribution >= 4 is 16.5 Å². The fourth-order valence-electron chi connectivity index (χ4n) is 1.14. The summed E-state index contributed by atoms with van der Waals surface area (Å²) in [6.07, 6.45) is 0. The van der Waals surface area contributed by atoms with E-state index in [9.17, 15) is 0 Å². The van der Waals surface area contributed by atoms with E-state index in [1.54, 1.807) is 0 Å². The van der Waals surface area contributed by atoms with Gasteiger partial charge in [0.2, 0.25) is 0 Å². The molecule has 0 aliphatic carbocycles. The number of nitrogen functional groups attached to an aromatic ring is 1. The predicted octanol–water partition coefficient (Wildman–Crippen LogP) is 1.88. The molecule has 4 N–H and O–H groups in total. The molecule has 0 fully saturated rings. The van der Waals surface area contributed by atoms with E-state index in [1.807, 2.05) is 5.38 Å². The molecule has 2 aromatic rings. The largest absolute Gasteiger partial charge is 0.412 e. The third-order valence-electron chi connectivity index (χ3n) is 1.87. The first kappa shape index (κ1) is 10.7. The number of aromatic nitrogens is 1. The summed E-state index contributed by atoms with van der Waals surface area (Å²) < 4.78 is 0. The third kappa shape index (κ3) is 2.10. The van der Waals surface area contributed by atoms with Crippen LogP contribution in [0.3, 0.4) is 0 Å². The highest BCUT2D eigenvalue weighted by atomic mass is 32.1. The van der Waals surface area contributed by atoms with E-state index in [1.165, 1.54) is 16.9 Å². The van der Waals surface area contributed by atoms with Gasteiger partial charge in [-0.05, 0) is 6.92 Å². The van der Waals surface area contributed by atoms with Crippen molar-refractivity contribution in [1.29, 1.82) is 0 Å². The van der Waals surface area contributed by atoms with Crippen LogP contribution in [0.4, 0.5) is 5.13 Å². The number of hydrogen-bond donors (Lipinski definition) is 1. The van der Waals surface area contributed by atoms with Crippen molar-refractivity contribution in [3.8, 4) is 11.3 Å². The molecule has 2 rings (SSSR count). The number of nitrogens with two attached hydrogens (primary N) is 1. The number of thiazole rings is 1. The van der Waals surface area contributed by atoms with E-state index >= 15 is 0 Å². The molecule has 14 heavy (non-hydrogen) atoms. The summed E-state index contributed by atoms with van der Waals surface area (Å²) in [5, 5.41) is 2.59. The molecule has 0 saturated carbocycles. The van der Waals surface area contributed by atoms with E-state index < -0.39 is 0 Å². The molecule has 0 amide bonds. The molecule has 74 valence electrons. The molecule has 0 aliphatic heterocycles. The lowest BCUT2D eigenvalue weighted by Crippen LogP contribution is -1.82. The summed E-state index contributed by atoms with van der Waals surface area (Å²) in [5.74, 6) is 0. The van der Waals surface area contributed by atoms with Gasteiger partial charge in [0.25, 0.3) is 0 Å². The zero-order valence-corrected chi connectivity index (χ0v) is 8.64. The quantitative estimate of drug-likeness (QED) is 0.777. The van der Waals surface area contributed by atoms with Crippen LogP contribution in [0.5, 0.6) is 0 Å². The van der Waals surface area contributed by atoms with Crippen LogP contribution in [-0.4, -0.2) is 10.5 Å². The number of nitrogens with zero attached hydrogens (tertiary/aromatic N) is 1. The van der Waals surface area contributed by atoms with E-state index in [0.29, 0.717) is 5.13 Å². The fraction of sp³-hybridized carbons (Fsp3) is 0.100. The number of aryl methyl sites for hydroxylation is 1. The Morgan fingerprint density at radius 3 is 2.36 bits per heavy atom. The Kier molecular flexibility index (Phi) is 3.22. The van der Waals surface area contributed by atoms with E-state index in [0.717, 1.165) is 11.3 Å². The molecule has 3 nitrogen and oxygen atoms in total. The summed E-state index contributed by atoms with van der Waals surface area (Å²) >= 11 is 1.47. The van der Waals surface area contributed by atoms with Gasteiger partial charge in [0.05, 0.1) is 5.69 Å². The molecule has 0 radical (unpaired) electrons. The van der Waals surface area contributed by atoms with Crippen molar-refractivity contribution in [2.24, 2.45) is 0 Å². The first-order valence-electron chi connectivity index (χ1n) is 4.04. The minimum Gasteiger partial charge on any atom is -0.412 e. The molecule has 4 heteroatoms. The van der Waals surface area contributed by atoms with Crippen molar-refractivity contribution in [1.82, 2.24) is 4.98 Å². The van der Waals surface area contributed by atoms with E-state index in [-0.39, 0.29) is 5.48 Å². The molecular weight excluding hydrogens is 196 g/mol. The van der Waals surface area contributed by atoms with Gasteiger partial charge in [-0.1, -0.05) is 29.8 Å². The highest BCUT2D eigenvalue weighted by molar-refractivity contribution is 7.13. The van der Waals surface area contributed by atoms with Crippen molar-refractivity contribution in [3.63, 3.8) is 0 Å². The van der Waals surface area contributed by atoms with Crippen LogP contribution < -0.4 is 5.73 Å². The minimum atomic E-state index is 0. The van der Waals surface area contributed by atoms with Gasteiger partial charge in [-0.2, -0.15) is 0 Å². The van der Waals surface area contributed by atoms with Gasteiger partial charge in [-0.25, -0.2) is 4.98 Å². The second-order valence-electron chi connectivity index (χ2n) is 2.94. The standard InChI is InChI=1S/C10H10N2S.H2O/c1-7-2-4-8(5-3-7)9-6-13-10(11)12-9;/h2-6H,1H3,(H2,11,12);1H2. The van der Waals surface area contributed by atoms with Gasteiger partial charge in [0.15, 0.2) is 5.13 Å². The average molecular weight is 208 g/mol. The smallest absolute Gasteiger partial charge is 0.180 e. The van der Waals surface area contributed by atoms with Crippen LogP contribution in [0.1, 0.15) is 5.56 Å². The second kappa shape index (κ2) is 4.21. The van der Waals surface area contributed by atoms with Crippen molar-refractivity contribution in [2.45, 2.75) is 6.92 Å². The summed E-state index contributed by atoms with van der Waals surface area (Å²) in [7, 11) is 0. The molecule has 0 atom stereocenters. The Morgan fingerprint density at radius 1 is 1.21 bits per heavy atom. The van der Waals surface area contributed by atoms with Crippen LogP contribution in [0.15, 0.2) is 29.6 Å². The van der Waals surface area contributed by atoms with Gasteiger partial charge in [-0.15, -0.1) is 11.3 Å². The highest BCUT2D eigenvalue weighted by Crippen LogP contribution is 2.22. The normalized spacial score (nSPS) is 9.50. The molecule has 1 aromatic carbocycles. The van der Waals surface area contributed by atoms with Gasteiger partial charge < -0.3 is 11.2 Å². The van der Waals surface area contributed by atoms with Gasteiger partial charge in [0.1, 0.15) is 0 Å². The molecule has 0 aliphatic rings. The number of rotatable bonds is 1. The molecule has 0 bridgehead atoms. The monoisotopic (exact) mass is 208 g/mol. The second-order valence-corrected chi connectivity index (χ2v) is 3.83. The maximum atomic E-state index is 5.55. The van der Waals surface area contributed by atoms with E-state index in [4.69, 9.17) is 5.73 Å². The molecule has 1 heterocycles. The highest BCUT2D eigenvalue weighted by Gasteiger charge is 2.00. The summed E-state index contributed by atoms with van der Waals surface area (Å²) in [5.41, 5.74) is 8.89. The predicted molar refractivity (Wildman–Crippen MR) is 60.3 cm³/mol. The molecule has 0 unspecified atom stereocenters. The number of hydrogen-bond acceptors (Lipinski definition) is 3.